The van der Waals surface area contributed by atoms with Crippen molar-refractivity contribution in [2.24, 2.45) is 5.10 Å². The van der Waals surface area contributed by atoms with Gasteiger partial charge in [0.25, 0.3) is 11.5 Å². The summed E-state index contributed by atoms with van der Waals surface area (Å²) in [4.78, 5) is 26.1. The summed E-state index contributed by atoms with van der Waals surface area (Å²) in [7, 11) is 0. The number of carbonyl (C=O) groups is 1. The van der Waals surface area contributed by atoms with Gasteiger partial charge in [-0.25, -0.2) is 10.1 Å². The van der Waals surface area contributed by atoms with Gasteiger partial charge in [0.05, 0.1) is 17.6 Å². The Balaban J connectivity index is 1.45. The molecular formula is C26H22N4O4. The highest BCUT2D eigenvalue weighted by Crippen LogP contribution is 2.30. The average molecular weight is 454 g/mol. The average Bonchev–Trinajstić information content (AvgIpc) is 2.89. The van der Waals surface area contributed by atoms with E-state index in [2.05, 4.69) is 15.6 Å². The molecule has 0 saturated heterocycles. The minimum atomic E-state index is -0.505. The largest absolute Gasteiger partial charge is 0.486 e. The molecule has 0 aliphatic carbocycles. The van der Waals surface area contributed by atoms with Crippen molar-refractivity contribution in [2.45, 2.75) is 13.5 Å². The molecule has 0 unspecified atom stereocenters. The lowest BCUT2D eigenvalue weighted by Crippen LogP contribution is -2.29. The van der Waals surface area contributed by atoms with Crippen LogP contribution in [0.1, 0.15) is 28.5 Å². The van der Waals surface area contributed by atoms with E-state index in [0.717, 1.165) is 11.1 Å². The zero-order valence-electron chi connectivity index (χ0n) is 18.5. The maximum Gasteiger partial charge on any atom is 0.292 e. The molecule has 170 valence electrons. The van der Waals surface area contributed by atoms with Crippen LogP contribution in [-0.2, 0) is 6.54 Å². The van der Waals surface area contributed by atoms with E-state index in [4.69, 9.17) is 9.47 Å². The smallest absolute Gasteiger partial charge is 0.292 e. The van der Waals surface area contributed by atoms with Crippen LogP contribution < -0.4 is 20.5 Å². The molecular weight excluding hydrogens is 432 g/mol. The highest BCUT2D eigenvalue weighted by molar-refractivity contribution is 6.06. The van der Waals surface area contributed by atoms with Crippen LogP contribution >= 0.6 is 0 Å². The van der Waals surface area contributed by atoms with E-state index < -0.39 is 5.91 Å². The summed E-state index contributed by atoms with van der Waals surface area (Å²) in [6.07, 6.45) is 0. The van der Waals surface area contributed by atoms with Crippen LogP contribution in [0, 0.1) is 0 Å². The maximum absolute atomic E-state index is 13.1. The van der Waals surface area contributed by atoms with Crippen molar-refractivity contribution >= 4 is 22.4 Å². The van der Waals surface area contributed by atoms with Gasteiger partial charge in [-0.15, -0.1) is 0 Å². The monoisotopic (exact) mass is 454 g/mol. The Bertz CT molecular complexity index is 1460. The Morgan fingerprint density at radius 2 is 1.68 bits per heavy atom. The highest BCUT2D eigenvalue weighted by atomic mass is 16.6. The second-order valence-electron chi connectivity index (χ2n) is 7.84. The fraction of sp³-hybridized carbons (Fsp3) is 0.154. The number of aromatic nitrogens is 2. The molecule has 8 nitrogen and oxygen atoms in total. The number of hydrogen-bond donors (Lipinski definition) is 1. The van der Waals surface area contributed by atoms with E-state index in [1.54, 1.807) is 31.2 Å². The summed E-state index contributed by atoms with van der Waals surface area (Å²) in [6.45, 7) is 3.04. The fourth-order valence-corrected chi connectivity index (χ4v) is 3.79. The van der Waals surface area contributed by atoms with Crippen molar-refractivity contribution in [1.82, 2.24) is 15.2 Å². The first-order chi connectivity index (χ1) is 16.6. The molecule has 2 heterocycles. The molecule has 0 radical (unpaired) electrons. The van der Waals surface area contributed by atoms with Crippen molar-refractivity contribution in [3.63, 3.8) is 0 Å². The number of fused-ring (bicyclic) bond motifs is 2. The Morgan fingerprint density at radius 3 is 2.47 bits per heavy atom. The van der Waals surface area contributed by atoms with E-state index in [9.17, 15) is 9.59 Å². The molecule has 1 aliphatic rings. The van der Waals surface area contributed by atoms with E-state index in [-0.39, 0.29) is 17.8 Å². The molecule has 8 heteroatoms. The quantitative estimate of drug-likeness (QED) is 0.369. The Hall–Kier alpha value is -4.46. The minimum Gasteiger partial charge on any atom is -0.486 e. The van der Waals surface area contributed by atoms with Crippen molar-refractivity contribution in [1.29, 1.82) is 0 Å². The third kappa shape index (κ3) is 4.25. The maximum atomic E-state index is 13.1. The normalized spacial score (nSPS) is 13.0. The molecule has 0 atom stereocenters. The lowest BCUT2D eigenvalue weighted by atomic mass is 10.1. The first-order valence-electron chi connectivity index (χ1n) is 10.9. The molecule has 1 N–H and O–H groups in total. The molecule has 1 amide bonds. The number of rotatable bonds is 5. The second kappa shape index (κ2) is 9.19. The second-order valence-corrected chi connectivity index (χ2v) is 7.84. The fourth-order valence-electron chi connectivity index (χ4n) is 3.79. The Morgan fingerprint density at radius 1 is 0.971 bits per heavy atom. The van der Waals surface area contributed by atoms with Crippen LogP contribution in [0.3, 0.4) is 0 Å². The molecule has 0 spiro atoms. The Labute approximate surface area is 195 Å². The zero-order valence-corrected chi connectivity index (χ0v) is 18.5. The van der Waals surface area contributed by atoms with Gasteiger partial charge >= 0.3 is 0 Å². The minimum absolute atomic E-state index is 0.129. The summed E-state index contributed by atoms with van der Waals surface area (Å²) < 4.78 is 12.5. The van der Waals surface area contributed by atoms with Crippen molar-refractivity contribution in [3.8, 4) is 11.5 Å². The Kier molecular flexibility index (Phi) is 5.78. The summed E-state index contributed by atoms with van der Waals surface area (Å²) in [6, 6.07) is 21.9. The standard InChI is InChI=1S/C26H22N4O4/c1-17(19-11-12-22-23(15-19)34-14-13-33-22)27-28-25(31)24-20-9-5-6-10-21(20)26(32)30(29-24)16-18-7-3-2-4-8-18/h2-12,15H,13-14,16H2,1H3,(H,28,31)/b27-17+. The predicted molar refractivity (Wildman–Crippen MR) is 129 cm³/mol. The van der Waals surface area contributed by atoms with E-state index >= 15 is 0 Å². The van der Waals surface area contributed by atoms with Gasteiger partial charge in [-0.3, -0.25) is 9.59 Å². The van der Waals surface area contributed by atoms with Gasteiger partial charge in [-0.05, 0) is 36.8 Å². The van der Waals surface area contributed by atoms with Crippen LogP contribution in [0.25, 0.3) is 10.8 Å². The number of hydrazone groups is 1. The zero-order chi connectivity index (χ0) is 23.5. The van der Waals surface area contributed by atoms with Crippen LogP contribution in [-0.4, -0.2) is 34.6 Å². The van der Waals surface area contributed by atoms with E-state index in [1.807, 2.05) is 48.5 Å². The van der Waals surface area contributed by atoms with Crippen LogP contribution in [0.4, 0.5) is 0 Å². The first-order valence-corrected chi connectivity index (χ1v) is 10.9. The number of nitrogens with one attached hydrogen (secondary N) is 1. The number of hydrogen-bond acceptors (Lipinski definition) is 6. The molecule has 5 rings (SSSR count). The summed E-state index contributed by atoms with van der Waals surface area (Å²) in [5, 5.41) is 9.54. The third-order valence-electron chi connectivity index (χ3n) is 5.54. The molecule has 1 aliphatic heterocycles. The van der Waals surface area contributed by atoms with Crippen molar-refractivity contribution in [2.75, 3.05) is 13.2 Å². The molecule has 34 heavy (non-hydrogen) atoms. The van der Waals surface area contributed by atoms with Crippen LogP contribution in [0.5, 0.6) is 11.5 Å². The number of ether oxygens (including phenoxy) is 2. The van der Waals surface area contributed by atoms with Gasteiger partial charge in [0.15, 0.2) is 17.2 Å². The number of benzene rings is 3. The number of carbonyl (C=O) groups excluding carboxylic acids is 1. The van der Waals surface area contributed by atoms with Gasteiger partial charge in [0.1, 0.15) is 13.2 Å². The van der Waals surface area contributed by atoms with E-state index in [1.165, 1.54) is 4.68 Å². The molecule has 0 saturated carbocycles. The van der Waals surface area contributed by atoms with Crippen LogP contribution in [0.2, 0.25) is 0 Å². The van der Waals surface area contributed by atoms with Gasteiger partial charge in [-0.1, -0.05) is 48.5 Å². The van der Waals surface area contributed by atoms with Crippen LogP contribution in [0.15, 0.2) is 82.7 Å². The van der Waals surface area contributed by atoms with Gasteiger partial charge in [-0.2, -0.15) is 10.2 Å². The summed E-state index contributed by atoms with van der Waals surface area (Å²) in [5.41, 5.74) is 4.74. The summed E-state index contributed by atoms with van der Waals surface area (Å²) >= 11 is 0. The SMILES string of the molecule is C/C(=N\NC(=O)c1nn(Cc2ccccc2)c(=O)c2ccccc12)c1ccc2c(c1)OCCO2. The van der Waals surface area contributed by atoms with Gasteiger partial charge in [0.2, 0.25) is 0 Å². The molecule has 0 fully saturated rings. The van der Waals surface area contributed by atoms with E-state index in [0.29, 0.717) is 41.2 Å². The first kappa shape index (κ1) is 21.4. The van der Waals surface area contributed by atoms with Crippen molar-refractivity contribution < 1.29 is 14.3 Å². The number of amides is 1. The predicted octanol–water partition coefficient (Wildman–Crippen LogP) is 3.37. The molecule has 3 aromatic carbocycles. The topological polar surface area (TPSA) is 94.8 Å². The van der Waals surface area contributed by atoms with Gasteiger partial charge in [0, 0.05) is 10.9 Å². The lowest BCUT2D eigenvalue weighted by molar-refractivity contribution is 0.0949. The summed E-state index contributed by atoms with van der Waals surface area (Å²) in [5.74, 6) is 0.823. The molecule has 4 aromatic rings. The molecule has 0 bridgehead atoms. The van der Waals surface area contributed by atoms with Crippen molar-refractivity contribution in [3.05, 3.63) is 100.0 Å². The lowest BCUT2D eigenvalue weighted by Gasteiger charge is -2.18. The van der Waals surface area contributed by atoms with Gasteiger partial charge < -0.3 is 9.47 Å². The highest BCUT2D eigenvalue weighted by Gasteiger charge is 2.17. The third-order valence-corrected chi connectivity index (χ3v) is 5.54. The molecule has 1 aromatic heterocycles. The number of nitrogens with zero attached hydrogens (tertiary/aromatic N) is 3.